The number of benzene rings is 1. The molecule has 2 aromatic rings. The molecule has 0 bridgehead atoms. The number of hydrogen-bond donors (Lipinski definition) is 1. The second-order valence-corrected chi connectivity index (χ2v) is 4.16. The van der Waals surface area contributed by atoms with E-state index in [1.54, 1.807) is 0 Å². The van der Waals surface area contributed by atoms with Crippen LogP contribution in [0.1, 0.15) is 31.1 Å². The lowest BCUT2D eigenvalue weighted by atomic mass is 10.1. The number of nitrogens with zero attached hydrogens (tertiary/aromatic N) is 2. The van der Waals surface area contributed by atoms with Crippen LogP contribution in [0.25, 0.3) is 10.9 Å². The van der Waals surface area contributed by atoms with Gasteiger partial charge in [0.25, 0.3) is 0 Å². The molecule has 3 nitrogen and oxygen atoms in total. The molecular formula is C12H16N2O. The molecule has 0 aliphatic rings. The van der Waals surface area contributed by atoms with Crippen LogP contribution in [0, 0.1) is 6.92 Å². The van der Waals surface area contributed by atoms with Crippen molar-refractivity contribution >= 4 is 10.9 Å². The molecule has 2 rings (SSSR count). The summed E-state index contributed by atoms with van der Waals surface area (Å²) in [5, 5.41) is 14.9. The van der Waals surface area contributed by atoms with E-state index in [-0.39, 0.29) is 12.6 Å². The third kappa shape index (κ3) is 1.63. The number of aryl methyl sites for hydroxylation is 1. The Labute approximate surface area is 89.3 Å². The zero-order valence-electron chi connectivity index (χ0n) is 9.36. The van der Waals surface area contributed by atoms with Gasteiger partial charge < -0.3 is 5.11 Å². The molecular weight excluding hydrogens is 188 g/mol. The molecule has 0 aliphatic heterocycles. The molecule has 0 aliphatic carbocycles. The molecule has 1 N–H and O–H groups in total. The first-order chi connectivity index (χ1) is 7.13. The molecule has 0 saturated heterocycles. The standard InChI is InChI=1S/C12H16N2O/c1-8(2)14-12(7-15)10-5-4-9(3)6-11(10)13-14/h4-6,8,15H,7H2,1-3H3. The first-order valence-electron chi connectivity index (χ1n) is 5.22. The number of fused-ring (bicyclic) bond motifs is 1. The Balaban J connectivity index is 2.73. The highest BCUT2D eigenvalue weighted by Gasteiger charge is 2.11. The minimum Gasteiger partial charge on any atom is -0.390 e. The molecule has 0 unspecified atom stereocenters. The van der Waals surface area contributed by atoms with Gasteiger partial charge >= 0.3 is 0 Å². The summed E-state index contributed by atoms with van der Waals surface area (Å²) in [4.78, 5) is 0. The lowest BCUT2D eigenvalue weighted by Crippen LogP contribution is -2.07. The van der Waals surface area contributed by atoms with E-state index in [0.29, 0.717) is 0 Å². The van der Waals surface area contributed by atoms with Gasteiger partial charge in [0.1, 0.15) is 0 Å². The van der Waals surface area contributed by atoms with Crippen LogP contribution in [0.15, 0.2) is 18.2 Å². The number of rotatable bonds is 2. The van der Waals surface area contributed by atoms with E-state index < -0.39 is 0 Å². The van der Waals surface area contributed by atoms with E-state index in [1.165, 1.54) is 5.56 Å². The van der Waals surface area contributed by atoms with Crippen molar-refractivity contribution in [3.63, 3.8) is 0 Å². The topological polar surface area (TPSA) is 38.0 Å². The van der Waals surface area contributed by atoms with Crippen molar-refractivity contribution in [3.05, 3.63) is 29.5 Å². The van der Waals surface area contributed by atoms with Crippen molar-refractivity contribution in [1.82, 2.24) is 9.78 Å². The Kier molecular flexibility index (Phi) is 2.49. The molecule has 0 spiro atoms. The highest BCUT2D eigenvalue weighted by Crippen LogP contribution is 2.22. The largest absolute Gasteiger partial charge is 0.390 e. The summed E-state index contributed by atoms with van der Waals surface area (Å²) >= 11 is 0. The maximum absolute atomic E-state index is 9.36. The predicted molar refractivity (Wildman–Crippen MR) is 60.8 cm³/mol. The third-order valence-corrected chi connectivity index (χ3v) is 2.60. The lowest BCUT2D eigenvalue weighted by molar-refractivity contribution is 0.266. The number of aliphatic hydroxyl groups excluding tert-OH is 1. The van der Waals surface area contributed by atoms with Crippen LogP contribution in [0.5, 0.6) is 0 Å². The first-order valence-corrected chi connectivity index (χ1v) is 5.22. The molecule has 0 fully saturated rings. The van der Waals surface area contributed by atoms with E-state index in [1.807, 2.05) is 29.8 Å². The van der Waals surface area contributed by atoms with Crippen LogP contribution in [-0.4, -0.2) is 14.9 Å². The van der Waals surface area contributed by atoms with Crippen LogP contribution in [0.2, 0.25) is 0 Å². The summed E-state index contributed by atoms with van der Waals surface area (Å²) < 4.78 is 1.89. The fourth-order valence-electron chi connectivity index (χ4n) is 1.85. The van der Waals surface area contributed by atoms with E-state index in [0.717, 1.165) is 16.6 Å². The highest BCUT2D eigenvalue weighted by atomic mass is 16.3. The zero-order chi connectivity index (χ0) is 11.0. The predicted octanol–water partition coefficient (Wildman–Crippen LogP) is 2.42. The van der Waals surface area contributed by atoms with Crippen molar-refractivity contribution in [2.75, 3.05) is 0 Å². The smallest absolute Gasteiger partial charge is 0.0929 e. The molecule has 0 amide bonds. The summed E-state index contributed by atoms with van der Waals surface area (Å²) in [6, 6.07) is 6.41. The molecule has 3 heteroatoms. The van der Waals surface area contributed by atoms with Gasteiger partial charge in [-0.2, -0.15) is 5.10 Å². The van der Waals surface area contributed by atoms with Gasteiger partial charge in [0.05, 0.1) is 17.8 Å². The average molecular weight is 204 g/mol. The molecule has 1 heterocycles. The van der Waals surface area contributed by atoms with Gasteiger partial charge in [-0.25, -0.2) is 0 Å². The Hall–Kier alpha value is -1.35. The summed E-state index contributed by atoms with van der Waals surface area (Å²) in [7, 11) is 0. The number of hydrogen-bond acceptors (Lipinski definition) is 2. The van der Waals surface area contributed by atoms with E-state index in [2.05, 4.69) is 18.9 Å². The third-order valence-electron chi connectivity index (χ3n) is 2.60. The lowest BCUT2D eigenvalue weighted by Gasteiger charge is -2.08. The number of aliphatic hydroxyl groups is 1. The fraction of sp³-hybridized carbons (Fsp3) is 0.417. The van der Waals surface area contributed by atoms with Crippen molar-refractivity contribution in [1.29, 1.82) is 0 Å². The van der Waals surface area contributed by atoms with Crippen molar-refractivity contribution in [3.8, 4) is 0 Å². The maximum Gasteiger partial charge on any atom is 0.0929 e. The zero-order valence-corrected chi connectivity index (χ0v) is 9.36. The quantitative estimate of drug-likeness (QED) is 0.815. The van der Waals surface area contributed by atoms with Gasteiger partial charge in [0, 0.05) is 11.4 Å². The Morgan fingerprint density at radius 1 is 1.40 bits per heavy atom. The Bertz CT molecular complexity index is 486. The van der Waals surface area contributed by atoms with Crippen LogP contribution >= 0.6 is 0 Å². The van der Waals surface area contributed by atoms with Crippen molar-refractivity contribution < 1.29 is 5.11 Å². The first kappa shape index (κ1) is 10.2. The summed E-state index contributed by atoms with van der Waals surface area (Å²) in [5.41, 5.74) is 3.06. The van der Waals surface area contributed by atoms with E-state index in [9.17, 15) is 5.11 Å². The highest BCUT2D eigenvalue weighted by molar-refractivity contribution is 5.82. The minimum atomic E-state index is 0.0394. The second kappa shape index (κ2) is 3.66. The van der Waals surface area contributed by atoms with Gasteiger partial charge in [0.15, 0.2) is 0 Å². The van der Waals surface area contributed by atoms with Gasteiger partial charge in [-0.15, -0.1) is 0 Å². The molecule has 1 aromatic carbocycles. The van der Waals surface area contributed by atoms with Gasteiger partial charge in [0.2, 0.25) is 0 Å². The van der Waals surface area contributed by atoms with Crippen molar-refractivity contribution in [2.24, 2.45) is 0 Å². The molecule has 80 valence electrons. The molecule has 1 aromatic heterocycles. The van der Waals surface area contributed by atoms with Gasteiger partial charge in [-0.05, 0) is 32.4 Å². The molecule has 15 heavy (non-hydrogen) atoms. The fourth-order valence-corrected chi connectivity index (χ4v) is 1.85. The van der Waals surface area contributed by atoms with E-state index >= 15 is 0 Å². The normalized spacial score (nSPS) is 11.5. The SMILES string of the molecule is Cc1ccc2c(CO)n(C(C)C)nc2c1. The number of aromatic nitrogens is 2. The average Bonchev–Trinajstić information content (AvgIpc) is 2.55. The van der Waals surface area contributed by atoms with E-state index in [4.69, 9.17) is 0 Å². The second-order valence-electron chi connectivity index (χ2n) is 4.16. The molecule has 0 saturated carbocycles. The van der Waals surface area contributed by atoms with Crippen LogP contribution in [0.3, 0.4) is 0 Å². The van der Waals surface area contributed by atoms with Gasteiger partial charge in [-0.3, -0.25) is 4.68 Å². The maximum atomic E-state index is 9.36. The van der Waals surface area contributed by atoms with Gasteiger partial charge in [-0.1, -0.05) is 12.1 Å². The summed E-state index contributed by atoms with van der Waals surface area (Å²) in [5.74, 6) is 0. The van der Waals surface area contributed by atoms with Crippen LogP contribution in [-0.2, 0) is 6.61 Å². The Morgan fingerprint density at radius 2 is 2.13 bits per heavy atom. The molecule has 0 radical (unpaired) electrons. The van der Waals surface area contributed by atoms with Crippen LogP contribution in [0.4, 0.5) is 0 Å². The summed E-state index contributed by atoms with van der Waals surface area (Å²) in [6.07, 6.45) is 0. The van der Waals surface area contributed by atoms with Crippen molar-refractivity contribution in [2.45, 2.75) is 33.4 Å². The molecule has 0 atom stereocenters. The minimum absolute atomic E-state index is 0.0394. The Morgan fingerprint density at radius 3 is 2.73 bits per heavy atom. The summed E-state index contributed by atoms with van der Waals surface area (Å²) in [6.45, 7) is 6.22. The van der Waals surface area contributed by atoms with Crippen LogP contribution < -0.4 is 0 Å². The monoisotopic (exact) mass is 204 g/mol.